The number of hydrogen-bond acceptors (Lipinski definition) is 6. The topological polar surface area (TPSA) is 90.9 Å². The van der Waals surface area contributed by atoms with Gasteiger partial charge in [-0.15, -0.1) is 11.0 Å². The number of ether oxygens (including phenoxy) is 4. The summed E-state index contributed by atoms with van der Waals surface area (Å²) in [5.41, 5.74) is 9.10. The Hall–Kier alpha value is -6.83. The van der Waals surface area contributed by atoms with E-state index in [1.165, 1.54) is 0 Å². The first-order valence-electron chi connectivity index (χ1n) is 17.4. The van der Waals surface area contributed by atoms with Gasteiger partial charge in [0.15, 0.2) is 5.75 Å². The first kappa shape index (κ1) is 35.2. The molecule has 0 fully saturated rings. The number of nitrogens with zero attached hydrogens (tertiary/aromatic N) is 4. The molecule has 0 N–H and O–H groups in total. The maximum Gasteiger partial charge on any atom is 2.00 e. The Kier molecular flexibility index (Phi) is 9.77. The summed E-state index contributed by atoms with van der Waals surface area (Å²) >= 11 is 0. The molecule has 55 heavy (non-hydrogen) atoms. The second kappa shape index (κ2) is 15.3. The summed E-state index contributed by atoms with van der Waals surface area (Å²) in [5.74, 6) is 3.74. The molecule has 0 saturated carbocycles. The molecule has 0 unspecified atom stereocenters. The molecule has 0 atom stereocenters. The number of aromatic nitrogens is 4. The Labute approximate surface area is 327 Å². The number of methoxy groups -OCH3 is 2. The third kappa shape index (κ3) is 7.01. The van der Waals surface area contributed by atoms with Crippen molar-refractivity contribution in [2.24, 2.45) is 0 Å². The van der Waals surface area contributed by atoms with Crippen LogP contribution in [0.1, 0.15) is 22.8 Å². The molecule has 7 aromatic rings. The number of benzene rings is 4. The van der Waals surface area contributed by atoms with E-state index in [9.17, 15) is 0 Å². The SMILES string of the molecule is COc1ccc(Oc2c3nc(c(-c4ccccc4)c4ccc([n-]4)c(Oc4ccc(OC)cc4)c4ccc([n-]4)c(-c4ccccc4)c4nc2C=C4)C=C3)cc1.[Ni+2]. The van der Waals surface area contributed by atoms with E-state index in [0.29, 0.717) is 45.4 Å². The summed E-state index contributed by atoms with van der Waals surface area (Å²) < 4.78 is 24.1. The van der Waals surface area contributed by atoms with Crippen LogP contribution >= 0.6 is 0 Å². The summed E-state index contributed by atoms with van der Waals surface area (Å²) in [7, 11) is 3.28. The predicted molar refractivity (Wildman–Crippen MR) is 214 cm³/mol. The molecule has 4 aromatic carbocycles. The van der Waals surface area contributed by atoms with Gasteiger partial charge in [0.05, 0.1) is 31.4 Å². The van der Waals surface area contributed by atoms with Crippen molar-refractivity contribution in [2.45, 2.75) is 0 Å². The fourth-order valence-corrected chi connectivity index (χ4v) is 6.57. The van der Waals surface area contributed by atoms with Crippen LogP contribution in [0.5, 0.6) is 34.5 Å². The minimum absolute atomic E-state index is 0. The van der Waals surface area contributed by atoms with Crippen LogP contribution in [0.25, 0.3) is 68.6 Å². The van der Waals surface area contributed by atoms with Crippen LogP contribution in [0.4, 0.5) is 0 Å². The standard InChI is InChI=1S/C46H32N4O4.Ni/c1-51-31-13-17-33(18-14-31)53-45-39-25-21-35(47-39)43(29-9-5-3-6-10-29)37-23-27-41(49-37)46(54-34-19-15-32(52-2)16-20-34)42-28-24-38(50-42)44(30-11-7-4-8-12-30)36-22-26-40(45)48-36;/h3-28H,1-2H3;/q-2;+2. The predicted octanol–water partition coefficient (Wildman–Crippen LogP) is 10.8. The molecule has 270 valence electrons. The van der Waals surface area contributed by atoms with Gasteiger partial charge in [-0.1, -0.05) is 96.0 Å². The van der Waals surface area contributed by atoms with Crippen molar-refractivity contribution in [3.8, 4) is 56.8 Å². The molecular formula is C46H32N4NiO4. The van der Waals surface area contributed by atoms with Crippen LogP contribution in [-0.4, -0.2) is 24.2 Å². The van der Waals surface area contributed by atoms with E-state index in [4.69, 9.17) is 38.9 Å². The fraction of sp³-hybridized carbons (Fsp3) is 0.0435. The van der Waals surface area contributed by atoms with Crippen LogP contribution < -0.4 is 28.9 Å². The zero-order valence-corrected chi connectivity index (χ0v) is 30.7. The normalized spacial score (nSPS) is 11.5. The molecule has 0 radical (unpaired) electrons. The Morgan fingerprint density at radius 1 is 0.382 bits per heavy atom. The third-order valence-corrected chi connectivity index (χ3v) is 9.20. The number of fused-ring (bicyclic) bond motifs is 8. The molecule has 2 aliphatic rings. The molecule has 0 amide bonds. The monoisotopic (exact) mass is 762 g/mol. The molecule has 9 rings (SSSR count). The van der Waals surface area contributed by atoms with E-state index in [2.05, 4.69) is 24.3 Å². The van der Waals surface area contributed by atoms with E-state index >= 15 is 0 Å². The Bertz CT molecular complexity index is 2580. The van der Waals surface area contributed by atoms with Gasteiger partial charge >= 0.3 is 16.5 Å². The summed E-state index contributed by atoms with van der Waals surface area (Å²) in [6.07, 6.45) is 7.92. The molecule has 5 heterocycles. The maximum absolute atomic E-state index is 6.64. The quantitative estimate of drug-likeness (QED) is 0.141. The Morgan fingerprint density at radius 2 is 0.745 bits per heavy atom. The Balaban J connectivity index is 0.00000427. The van der Waals surface area contributed by atoms with Crippen molar-refractivity contribution in [1.29, 1.82) is 0 Å². The van der Waals surface area contributed by atoms with Crippen molar-refractivity contribution >= 4 is 46.4 Å². The second-order valence-corrected chi connectivity index (χ2v) is 12.6. The molecule has 8 nitrogen and oxygen atoms in total. The fourth-order valence-electron chi connectivity index (χ4n) is 6.57. The Morgan fingerprint density at radius 3 is 1.16 bits per heavy atom. The van der Waals surface area contributed by atoms with Crippen molar-refractivity contribution in [3.63, 3.8) is 0 Å². The molecule has 2 aliphatic heterocycles. The van der Waals surface area contributed by atoms with Crippen molar-refractivity contribution < 1.29 is 35.4 Å². The van der Waals surface area contributed by atoms with Gasteiger partial charge in [-0.3, -0.25) is 0 Å². The van der Waals surface area contributed by atoms with Crippen LogP contribution in [0.2, 0.25) is 0 Å². The first-order chi connectivity index (χ1) is 26.6. The minimum Gasteiger partial charge on any atom is -0.654 e. The molecule has 8 bridgehead atoms. The van der Waals surface area contributed by atoms with Crippen molar-refractivity contribution in [1.82, 2.24) is 19.9 Å². The van der Waals surface area contributed by atoms with Crippen LogP contribution in [0.3, 0.4) is 0 Å². The average molecular weight is 763 g/mol. The minimum atomic E-state index is 0. The van der Waals surface area contributed by atoms with Gasteiger partial charge in [-0.2, -0.15) is 0 Å². The molecule has 0 saturated heterocycles. The van der Waals surface area contributed by atoms with Gasteiger partial charge in [-0.05, 0) is 95.1 Å². The number of rotatable bonds is 8. The summed E-state index contributed by atoms with van der Waals surface area (Å²) in [4.78, 5) is 20.8. The largest absolute Gasteiger partial charge is 2.00 e. The van der Waals surface area contributed by atoms with Gasteiger partial charge in [0, 0.05) is 0 Å². The van der Waals surface area contributed by atoms with Crippen LogP contribution in [0, 0.1) is 0 Å². The van der Waals surface area contributed by atoms with Gasteiger partial charge in [0.1, 0.15) is 34.4 Å². The van der Waals surface area contributed by atoms with E-state index in [1.807, 2.05) is 133 Å². The molecular weight excluding hydrogens is 731 g/mol. The molecule has 9 heteroatoms. The van der Waals surface area contributed by atoms with E-state index in [1.54, 1.807) is 14.2 Å². The average Bonchev–Trinajstić information content (AvgIpc) is 4.07. The van der Waals surface area contributed by atoms with Gasteiger partial charge in [0.25, 0.3) is 0 Å². The summed E-state index contributed by atoms with van der Waals surface area (Å²) in [5, 5.41) is 0. The van der Waals surface area contributed by atoms with Crippen LogP contribution in [-0.2, 0) is 16.5 Å². The maximum atomic E-state index is 6.64. The molecule has 0 aliphatic carbocycles. The second-order valence-electron chi connectivity index (χ2n) is 12.6. The van der Waals surface area contributed by atoms with Gasteiger partial charge in [0.2, 0.25) is 0 Å². The van der Waals surface area contributed by atoms with Crippen molar-refractivity contribution in [2.75, 3.05) is 14.2 Å². The van der Waals surface area contributed by atoms with Gasteiger partial charge < -0.3 is 28.9 Å². The van der Waals surface area contributed by atoms with E-state index in [-0.39, 0.29) is 16.5 Å². The molecule has 0 spiro atoms. The summed E-state index contributed by atoms with van der Waals surface area (Å²) in [6.45, 7) is 0. The molecule has 3 aromatic heterocycles. The van der Waals surface area contributed by atoms with Crippen molar-refractivity contribution in [3.05, 3.63) is 156 Å². The van der Waals surface area contributed by atoms with Gasteiger partial charge in [-0.25, -0.2) is 9.97 Å². The number of hydrogen-bond donors (Lipinski definition) is 0. The third-order valence-electron chi connectivity index (χ3n) is 9.20. The smallest absolute Gasteiger partial charge is 0.654 e. The first-order valence-corrected chi connectivity index (χ1v) is 17.4. The zero-order chi connectivity index (χ0) is 36.4. The zero-order valence-electron chi connectivity index (χ0n) is 29.7. The summed E-state index contributed by atoms with van der Waals surface area (Å²) in [6, 6.07) is 43.1. The van der Waals surface area contributed by atoms with Crippen LogP contribution in [0.15, 0.2) is 133 Å². The van der Waals surface area contributed by atoms with E-state index in [0.717, 1.165) is 56.2 Å². The van der Waals surface area contributed by atoms with E-state index < -0.39 is 0 Å².